The van der Waals surface area contributed by atoms with E-state index in [0.717, 1.165) is 5.32 Å². The first-order chi connectivity index (χ1) is 12.2. The van der Waals surface area contributed by atoms with Crippen LogP contribution in [-0.4, -0.2) is 48.2 Å². The molecule has 0 radical (unpaired) electrons. The van der Waals surface area contributed by atoms with Gasteiger partial charge in [0.1, 0.15) is 0 Å². The van der Waals surface area contributed by atoms with E-state index in [1.165, 1.54) is 0 Å². The number of carbonyl (C=O) groups excluding carboxylic acids is 1. The molecule has 0 aliphatic rings. The van der Waals surface area contributed by atoms with Crippen LogP contribution in [0.3, 0.4) is 0 Å². The van der Waals surface area contributed by atoms with Crippen LogP contribution in [0.5, 0.6) is 0 Å². The van der Waals surface area contributed by atoms with Crippen molar-refractivity contribution >= 4 is 5.91 Å². The largest absolute Gasteiger partial charge is 0.460 e. The number of nitrogens with one attached hydrogen (secondary N) is 1. The third-order valence-corrected chi connectivity index (χ3v) is 3.53. The smallest absolute Gasteiger partial charge is 0.351 e. The summed E-state index contributed by atoms with van der Waals surface area (Å²) in [6.45, 7) is 0.914. The predicted octanol–water partition coefficient (Wildman–Crippen LogP) is 5.42. The average molecular weight is 447 g/mol. The van der Waals surface area contributed by atoms with Gasteiger partial charge in [-0.15, -0.1) is 0 Å². The Morgan fingerprint density at radius 3 is 1.46 bits per heavy atom. The second kappa shape index (κ2) is 8.13. The summed E-state index contributed by atoms with van der Waals surface area (Å²) < 4.78 is 167. The number of carbonyl (C=O) groups is 1. The highest BCUT2D eigenvalue weighted by molar-refractivity contribution is 5.84. The average Bonchev–Trinajstić information content (AvgIpc) is 2.52. The minimum Gasteiger partial charge on any atom is -0.351 e. The summed E-state index contributed by atoms with van der Waals surface area (Å²) in [5, 5.41) is 1.02. The Morgan fingerprint density at radius 2 is 1.07 bits per heavy atom. The lowest BCUT2D eigenvalue weighted by Crippen LogP contribution is -2.72. The fourth-order valence-corrected chi connectivity index (χ4v) is 1.78. The summed E-state index contributed by atoms with van der Waals surface area (Å²) in [7, 11) is 0. The molecule has 0 rings (SSSR count). The van der Waals surface area contributed by atoms with Gasteiger partial charge in [0.05, 0.1) is 0 Å². The molecule has 1 amide bonds. The Labute approximate surface area is 149 Å². The van der Waals surface area contributed by atoms with Crippen LogP contribution in [0.15, 0.2) is 0 Å². The highest BCUT2D eigenvalue weighted by Crippen LogP contribution is 2.60. The molecule has 0 atom stereocenters. The SMILES string of the molecule is CCCCCCNC(=O)C(F)(F)C(F)(F)C(F)(F)C(F)(F)C(F)(F)C(F)(F)F. The number of rotatable bonds is 10. The lowest BCUT2D eigenvalue weighted by atomic mass is 9.93. The molecule has 0 aromatic carbocycles. The van der Waals surface area contributed by atoms with E-state index < -0.39 is 48.2 Å². The molecule has 0 aliphatic carbocycles. The van der Waals surface area contributed by atoms with Gasteiger partial charge in [-0.25, -0.2) is 0 Å². The Bertz CT molecular complexity index is 541. The van der Waals surface area contributed by atoms with Crippen molar-refractivity contribution in [3.05, 3.63) is 0 Å². The molecule has 15 heteroatoms. The second-order valence-corrected chi connectivity index (χ2v) is 5.69. The molecular weight excluding hydrogens is 433 g/mol. The highest BCUT2D eigenvalue weighted by Gasteiger charge is 2.91. The van der Waals surface area contributed by atoms with E-state index in [4.69, 9.17) is 0 Å². The summed E-state index contributed by atoms with van der Waals surface area (Å²) in [4.78, 5) is 11.0. The van der Waals surface area contributed by atoms with Crippen molar-refractivity contribution in [2.75, 3.05) is 6.54 Å². The molecule has 0 unspecified atom stereocenters. The summed E-state index contributed by atoms with van der Waals surface area (Å²) in [5.41, 5.74) is 0. The first-order valence-corrected chi connectivity index (χ1v) is 7.47. The van der Waals surface area contributed by atoms with Gasteiger partial charge in [0.15, 0.2) is 0 Å². The van der Waals surface area contributed by atoms with Crippen molar-refractivity contribution in [3.63, 3.8) is 0 Å². The molecule has 0 spiro atoms. The lowest BCUT2D eigenvalue weighted by Gasteiger charge is -2.39. The Morgan fingerprint density at radius 1 is 0.643 bits per heavy atom. The van der Waals surface area contributed by atoms with Crippen molar-refractivity contribution < 1.29 is 61.9 Å². The molecule has 0 saturated carbocycles. The molecule has 168 valence electrons. The molecule has 2 nitrogen and oxygen atoms in total. The topological polar surface area (TPSA) is 29.1 Å². The normalized spacial score (nSPS) is 14.9. The zero-order valence-corrected chi connectivity index (χ0v) is 13.9. The van der Waals surface area contributed by atoms with Crippen LogP contribution in [0.25, 0.3) is 0 Å². The van der Waals surface area contributed by atoms with Crippen molar-refractivity contribution in [1.82, 2.24) is 5.32 Å². The molecule has 1 N–H and O–H groups in total. The predicted molar refractivity (Wildman–Crippen MR) is 67.9 cm³/mol. The van der Waals surface area contributed by atoms with E-state index in [2.05, 4.69) is 0 Å². The maximum absolute atomic E-state index is 13.4. The summed E-state index contributed by atoms with van der Waals surface area (Å²) >= 11 is 0. The van der Waals surface area contributed by atoms with Crippen LogP contribution >= 0.6 is 0 Å². The molecule has 0 aromatic rings. The van der Waals surface area contributed by atoms with E-state index in [0.29, 0.717) is 12.8 Å². The number of hydrogen-bond donors (Lipinski definition) is 1. The van der Waals surface area contributed by atoms with Crippen LogP contribution < -0.4 is 5.32 Å². The number of hydrogen-bond acceptors (Lipinski definition) is 1. The molecule has 0 heterocycles. The summed E-state index contributed by atoms with van der Waals surface area (Å²) in [6.07, 6.45) is -6.21. The number of alkyl halides is 13. The summed E-state index contributed by atoms with van der Waals surface area (Å²) in [6, 6.07) is 0. The second-order valence-electron chi connectivity index (χ2n) is 5.69. The van der Waals surface area contributed by atoms with E-state index in [1.54, 1.807) is 6.92 Å². The molecule has 28 heavy (non-hydrogen) atoms. The van der Waals surface area contributed by atoms with E-state index >= 15 is 0 Å². The Kier molecular flexibility index (Phi) is 7.71. The van der Waals surface area contributed by atoms with Crippen LogP contribution in [0, 0.1) is 0 Å². The monoisotopic (exact) mass is 447 g/mol. The maximum Gasteiger partial charge on any atom is 0.460 e. The standard InChI is InChI=1S/C13H14F13NO/c1-2-3-4-5-6-27-7(28)8(14,15)9(16,17)10(18,19)11(20,21)12(22,23)13(24,25)26/h2-6H2,1H3,(H,27,28). The zero-order valence-electron chi connectivity index (χ0n) is 13.9. The van der Waals surface area contributed by atoms with Gasteiger partial charge in [0.25, 0.3) is 5.91 Å². The molecule has 0 saturated heterocycles. The van der Waals surface area contributed by atoms with E-state index in [9.17, 15) is 61.9 Å². The molecule has 0 bridgehead atoms. The lowest BCUT2D eigenvalue weighted by molar-refractivity contribution is -0.436. The van der Waals surface area contributed by atoms with Gasteiger partial charge in [0, 0.05) is 6.54 Å². The van der Waals surface area contributed by atoms with Gasteiger partial charge >= 0.3 is 35.8 Å². The highest BCUT2D eigenvalue weighted by atomic mass is 19.4. The minimum absolute atomic E-state index is 0.111. The Hall–Kier alpha value is -1.44. The quantitative estimate of drug-likeness (QED) is 0.352. The number of unbranched alkanes of at least 4 members (excludes halogenated alkanes) is 3. The van der Waals surface area contributed by atoms with Gasteiger partial charge in [-0.1, -0.05) is 26.2 Å². The van der Waals surface area contributed by atoms with Gasteiger partial charge in [-0.2, -0.15) is 57.1 Å². The minimum atomic E-state index is -8.01. The van der Waals surface area contributed by atoms with Crippen molar-refractivity contribution in [2.45, 2.75) is 68.4 Å². The van der Waals surface area contributed by atoms with Crippen LogP contribution in [-0.2, 0) is 4.79 Å². The molecule has 0 aromatic heterocycles. The van der Waals surface area contributed by atoms with Gasteiger partial charge in [-0.05, 0) is 6.42 Å². The van der Waals surface area contributed by atoms with Gasteiger partial charge in [-0.3, -0.25) is 4.79 Å². The fourth-order valence-electron chi connectivity index (χ4n) is 1.78. The first kappa shape index (κ1) is 26.6. The number of halogens is 13. The maximum atomic E-state index is 13.4. The van der Waals surface area contributed by atoms with Crippen LogP contribution in [0.2, 0.25) is 0 Å². The van der Waals surface area contributed by atoms with E-state index in [-0.39, 0.29) is 12.8 Å². The number of amides is 1. The molecule has 0 fully saturated rings. The zero-order chi connectivity index (χ0) is 22.8. The van der Waals surface area contributed by atoms with Crippen molar-refractivity contribution in [3.8, 4) is 0 Å². The van der Waals surface area contributed by atoms with Crippen LogP contribution in [0.1, 0.15) is 32.6 Å². The van der Waals surface area contributed by atoms with E-state index in [1.807, 2.05) is 0 Å². The fraction of sp³-hybridized carbons (Fsp3) is 0.923. The van der Waals surface area contributed by atoms with Gasteiger partial charge in [0.2, 0.25) is 0 Å². The third-order valence-electron chi connectivity index (χ3n) is 3.53. The first-order valence-electron chi connectivity index (χ1n) is 7.47. The van der Waals surface area contributed by atoms with Crippen molar-refractivity contribution in [1.29, 1.82) is 0 Å². The third kappa shape index (κ3) is 4.26. The van der Waals surface area contributed by atoms with Crippen LogP contribution in [0.4, 0.5) is 57.1 Å². The molecular formula is C13H14F13NO. The molecule has 0 aliphatic heterocycles. The Balaban J connectivity index is 5.76. The summed E-state index contributed by atoms with van der Waals surface area (Å²) in [5.74, 6) is -41.3. The van der Waals surface area contributed by atoms with Crippen molar-refractivity contribution in [2.24, 2.45) is 0 Å². The van der Waals surface area contributed by atoms with Gasteiger partial charge < -0.3 is 5.32 Å².